The summed E-state index contributed by atoms with van der Waals surface area (Å²) in [6.45, 7) is 0.108. The van der Waals surface area contributed by atoms with Crippen molar-refractivity contribution >= 4 is 28.6 Å². The quantitative estimate of drug-likeness (QED) is 0.178. The third kappa shape index (κ3) is 5.11. The Bertz CT molecular complexity index is 1450. The number of nitro groups is 1. The summed E-state index contributed by atoms with van der Waals surface area (Å²) < 4.78 is 5.57. The molecule has 35 heavy (non-hydrogen) atoms. The molecule has 0 aliphatic carbocycles. The number of benzene rings is 4. The molecule has 4 rings (SSSR count). The second-order valence-corrected chi connectivity index (χ2v) is 7.46. The van der Waals surface area contributed by atoms with E-state index in [1.54, 1.807) is 36.4 Å². The molecule has 0 saturated heterocycles. The molecule has 0 spiro atoms. The highest BCUT2D eigenvalue weighted by Gasteiger charge is 2.13. The number of hydrogen-bond donors (Lipinski definition) is 4. The first kappa shape index (κ1) is 23.1. The van der Waals surface area contributed by atoms with Crippen LogP contribution in [0.15, 0.2) is 77.9 Å². The molecule has 0 saturated carbocycles. The molecule has 0 atom stereocenters. The van der Waals surface area contributed by atoms with Crippen molar-refractivity contribution in [1.29, 1.82) is 0 Å². The summed E-state index contributed by atoms with van der Waals surface area (Å²) in [6.07, 6.45) is 1.24. The fourth-order valence-electron chi connectivity index (χ4n) is 3.39. The van der Waals surface area contributed by atoms with E-state index >= 15 is 0 Å². The molecule has 0 aliphatic rings. The number of carbonyl (C=O) groups is 1. The molecule has 0 unspecified atom stereocenters. The van der Waals surface area contributed by atoms with E-state index in [9.17, 15) is 30.2 Å². The minimum Gasteiger partial charge on any atom is -0.507 e. The average Bonchev–Trinajstić information content (AvgIpc) is 2.85. The topological polar surface area (TPSA) is 155 Å². The Hall–Kier alpha value is -5.12. The van der Waals surface area contributed by atoms with Gasteiger partial charge in [-0.25, -0.2) is 5.43 Å². The van der Waals surface area contributed by atoms with E-state index in [1.807, 2.05) is 0 Å². The van der Waals surface area contributed by atoms with Crippen LogP contribution in [-0.2, 0) is 6.61 Å². The Balaban J connectivity index is 1.42. The molecule has 0 radical (unpaired) electrons. The summed E-state index contributed by atoms with van der Waals surface area (Å²) >= 11 is 0. The van der Waals surface area contributed by atoms with Gasteiger partial charge in [0, 0.05) is 35.2 Å². The van der Waals surface area contributed by atoms with Crippen molar-refractivity contribution in [2.45, 2.75) is 6.61 Å². The van der Waals surface area contributed by atoms with E-state index in [-0.39, 0.29) is 35.1 Å². The molecular weight excluding hydrogens is 454 g/mol. The maximum absolute atomic E-state index is 12.5. The summed E-state index contributed by atoms with van der Waals surface area (Å²) in [5, 5.41) is 46.0. The molecule has 10 heteroatoms. The van der Waals surface area contributed by atoms with Crippen LogP contribution in [-0.4, -0.2) is 32.4 Å². The van der Waals surface area contributed by atoms with Gasteiger partial charge in [-0.1, -0.05) is 24.3 Å². The van der Waals surface area contributed by atoms with Gasteiger partial charge in [0.25, 0.3) is 11.6 Å². The summed E-state index contributed by atoms with van der Waals surface area (Å²) in [7, 11) is 0. The van der Waals surface area contributed by atoms with E-state index in [2.05, 4.69) is 10.5 Å². The lowest BCUT2D eigenvalue weighted by molar-refractivity contribution is -0.384. The van der Waals surface area contributed by atoms with Crippen LogP contribution in [0.25, 0.3) is 10.8 Å². The number of carbonyl (C=O) groups excluding carboxylic acids is 1. The van der Waals surface area contributed by atoms with Gasteiger partial charge in [0.1, 0.15) is 29.6 Å². The predicted octanol–water partition coefficient (Wildman–Crippen LogP) is 4.21. The molecule has 4 N–H and O–H groups in total. The highest BCUT2D eigenvalue weighted by Crippen LogP contribution is 2.33. The first-order valence-corrected chi connectivity index (χ1v) is 10.3. The van der Waals surface area contributed by atoms with E-state index in [4.69, 9.17) is 4.74 Å². The number of phenolic OH excluding ortho intramolecular Hbond substituents is 3. The molecule has 0 fully saturated rings. The first-order valence-electron chi connectivity index (χ1n) is 10.3. The maximum atomic E-state index is 12.5. The van der Waals surface area contributed by atoms with Crippen molar-refractivity contribution in [3.05, 3.63) is 99.6 Å². The molecule has 0 aliphatic heterocycles. The number of hydrogen-bond acceptors (Lipinski definition) is 8. The van der Waals surface area contributed by atoms with Gasteiger partial charge >= 0.3 is 0 Å². The normalized spacial score (nSPS) is 11.0. The van der Waals surface area contributed by atoms with Crippen LogP contribution in [0.3, 0.4) is 0 Å². The number of nitro benzene ring substituents is 1. The number of rotatable bonds is 7. The minimum absolute atomic E-state index is 0.0294. The van der Waals surface area contributed by atoms with Crippen LogP contribution in [0.5, 0.6) is 23.0 Å². The number of hydrazone groups is 1. The lowest BCUT2D eigenvalue weighted by Gasteiger charge is -2.09. The third-order valence-corrected chi connectivity index (χ3v) is 5.17. The SMILES string of the molecule is O=C(N/N=C/c1c(O)cc(O)c2ccccc12)c1ccc(OCc2ccc([N+](=O)[O-])cc2)cc1O. The van der Waals surface area contributed by atoms with Crippen molar-refractivity contribution in [3.8, 4) is 23.0 Å². The van der Waals surface area contributed by atoms with E-state index in [0.717, 1.165) is 0 Å². The average molecular weight is 473 g/mol. The summed E-state index contributed by atoms with van der Waals surface area (Å²) in [6, 6.07) is 18.0. The molecule has 0 aromatic heterocycles. The number of fused-ring (bicyclic) bond motifs is 1. The van der Waals surface area contributed by atoms with E-state index in [1.165, 1.54) is 42.6 Å². The van der Waals surface area contributed by atoms with Crippen molar-refractivity contribution in [1.82, 2.24) is 5.43 Å². The standard InChI is InChI=1S/C25H19N3O7/c29-22-11-17(35-14-15-5-7-16(8-6-15)28(33)34)9-10-20(22)25(32)27-26-13-21-18-3-1-2-4-19(18)23(30)12-24(21)31/h1-13,29-31H,14H2,(H,27,32)/b26-13+. The highest BCUT2D eigenvalue weighted by atomic mass is 16.6. The Morgan fingerprint density at radius 1 is 0.943 bits per heavy atom. The zero-order valence-corrected chi connectivity index (χ0v) is 18.1. The number of amides is 1. The fraction of sp³-hybridized carbons (Fsp3) is 0.0400. The van der Waals surface area contributed by atoms with Crippen LogP contribution in [0.2, 0.25) is 0 Å². The molecule has 4 aromatic carbocycles. The van der Waals surface area contributed by atoms with E-state index < -0.39 is 10.8 Å². The third-order valence-electron chi connectivity index (χ3n) is 5.17. The second-order valence-electron chi connectivity index (χ2n) is 7.46. The lowest BCUT2D eigenvalue weighted by atomic mass is 10.0. The van der Waals surface area contributed by atoms with Crippen molar-refractivity contribution in [2.24, 2.45) is 5.10 Å². The molecule has 4 aromatic rings. The zero-order chi connectivity index (χ0) is 24.9. The van der Waals surface area contributed by atoms with Crippen LogP contribution in [0, 0.1) is 10.1 Å². The predicted molar refractivity (Wildman–Crippen MR) is 128 cm³/mol. The molecule has 176 valence electrons. The first-order chi connectivity index (χ1) is 16.8. The number of phenols is 3. The summed E-state index contributed by atoms with van der Waals surface area (Å²) in [5.41, 5.74) is 3.20. The molecule has 1 amide bonds. The zero-order valence-electron chi connectivity index (χ0n) is 18.1. The van der Waals surface area contributed by atoms with Gasteiger partial charge in [-0.05, 0) is 35.2 Å². The Morgan fingerprint density at radius 2 is 1.66 bits per heavy atom. The van der Waals surface area contributed by atoms with Gasteiger partial charge in [0.15, 0.2) is 0 Å². The highest BCUT2D eigenvalue weighted by molar-refractivity contribution is 6.05. The van der Waals surface area contributed by atoms with Crippen LogP contribution >= 0.6 is 0 Å². The largest absolute Gasteiger partial charge is 0.507 e. The monoisotopic (exact) mass is 473 g/mol. The van der Waals surface area contributed by atoms with Crippen LogP contribution < -0.4 is 10.2 Å². The Labute approximate surface area is 198 Å². The number of ether oxygens (including phenoxy) is 1. The summed E-state index contributed by atoms with van der Waals surface area (Å²) in [4.78, 5) is 22.7. The van der Waals surface area contributed by atoms with Crippen molar-refractivity contribution < 1.29 is 29.8 Å². The van der Waals surface area contributed by atoms with Crippen LogP contribution in [0.1, 0.15) is 21.5 Å². The van der Waals surface area contributed by atoms with Gasteiger partial charge < -0.3 is 20.1 Å². The molecule has 0 bridgehead atoms. The fourth-order valence-corrected chi connectivity index (χ4v) is 3.39. The van der Waals surface area contributed by atoms with Crippen molar-refractivity contribution in [2.75, 3.05) is 0 Å². The van der Waals surface area contributed by atoms with Gasteiger partial charge in [-0.3, -0.25) is 14.9 Å². The number of nitrogens with zero attached hydrogens (tertiary/aromatic N) is 2. The van der Waals surface area contributed by atoms with Gasteiger partial charge in [0.05, 0.1) is 16.7 Å². The van der Waals surface area contributed by atoms with Gasteiger partial charge in [0.2, 0.25) is 0 Å². The van der Waals surface area contributed by atoms with E-state index in [0.29, 0.717) is 27.6 Å². The maximum Gasteiger partial charge on any atom is 0.275 e. The lowest BCUT2D eigenvalue weighted by Crippen LogP contribution is -2.17. The second kappa shape index (κ2) is 9.79. The minimum atomic E-state index is -0.691. The Kier molecular flexibility index (Phi) is 6.45. The molecule has 10 nitrogen and oxygen atoms in total. The molecule has 0 heterocycles. The van der Waals surface area contributed by atoms with Crippen LogP contribution in [0.4, 0.5) is 5.69 Å². The number of nitrogens with one attached hydrogen (secondary N) is 1. The van der Waals surface area contributed by atoms with Gasteiger partial charge in [-0.2, -0.15) is 5.10 Å². The summed E-state index contributed by atoms with van der Waals surface area (Å²) in [5.74, 6) is -1.03. The smallest absolute Gasteiger partial charge is 0.275 e. The number of non-ortho nitro benzene ring substituents is 1. The van der Waals surface area contributed by atoms with Gasteiger partial charge in [-0.15, -0.1) is 0 Å². The number of aromatic hydroxyl groups is 3. The van der Waals surface area contributed by atoms with Crippen molar-refractivity contribution in [3.63, 3.8) is 0 Å². The molecular formula is C25H19N3O7. The Morgan fingerprint density at radius 3 is 2.34 bits per heavy atom.